The Labute approximate surface area is 105 Å². The van der Waals surface area contributed by atoms with Crippen molar-refractivity contribution in [2.75, 3.05) is 14.2 Å². The molecule has 0 saturated heterocycles. The lowest BCUT2D eigenvalue weighted by atomic mass is 10.1. The largest absolute Gasteiger partial charge is 0.496 e. The third kappa shape index (κ3) is 3.13. The maximum atomic E-state index is 11.0. The number of aryl methyl sites for hydroxylation is 1. The summed E-state index contributed by atoms with van der Waals surface area (Å²) < 4.78 is 10.3. The van der Waals surface area contributed by atoms with Crippen LogP contribution < -0.4 is 14.8 Å². The Hall–Kier alpha value is -2.24. The molecule has 1 aromatic rings. The standard InChI is InChI=1S/C12H15NO5/c1-7-4-10(18-3)8(5-9(7)17-2)6-13-11(14)12(15)16/h4-5H,6H2,1-3H3,(H,13,14)(H,15,16). The second-order valence-electron chi connectivity index (χ2n) is 3.62. The van der Waals surface area contributed by atoms with Crippen molar-refractivity contribution in [1.82, 2.24) is 5.32 Å². The number of carboxylic acid groups (broad SMARTS) is 1. The van der Waals surface area contributed by atoms with Crippen molar-refractivity contribution in [2.24, 2.45) is 0 Å². The van der Waals surface area contributed by atoms with E-state index in [2.05, 4.69) is 5.32 Å². The zero-order chi connectivity index (χ0) is 13.7. The molecule has 0 fully saturated rings. The second kappa shape index (κ2) is 5.90. The van der Waals surface area contributed by atoms with E-state index in [4.69, 9.17) is 14.6 Å². The number of hydrogen-bond acceptors (Lipinski definition) is 4. The average Bonchev–Trinajstić information content (AvgIpc) is 2.36. The normalized spacial score (nSPS) is 9.72. The van der Waals surface area contributed by atoms with Gasteiger partial charge in [0.25, 0.3) is 0 Å². The molecule has 18 heavy (non-hydrogen) atoms. The quantitative estimate of drug-likeness (QED) is 0.772. The zero-order valence-electron chi connectivity index (χ0n) is 10.4. The highest BCUT2D eigenvalue weighted by molar-refractivity contribution is 6.31. The molecule has 98 valence electrons. The summed E-state index contributed by atoms with van der Waals surface area (Å²) in [5, 5.41) is 10.7. The van der Waals surface area contributed by atoms with Crippen LogP contribution in [-0.2, 0) is 16.1 Å². The molecule has 0 atom stereocenters. The monoisotopic (exact) mass is 253 g/mol. The molecule has 1 aromatic carbocycles. The maximum Gasteiger partial charge on any atom is 0.394 e. The van der Waals surface area contributed by atoms with Gasteiger partial charge in [0, 0.05) is 12.1 Å². The summed E-state index contributed by atoms with van der Waals surface area (Å²) in [6, 6.07) is 3.47. The Morgan fingerprint density at radius 3 is 2.33 bits per heavy atom. The van der Waals surface area contributed by atoms with Gasteiger partial charge in [-0.1, -0.05) is 0 Å². The van der Waals surface area contributed by atoms with Gasteiger partial charge < -0.3 is 19.9 Å². The molecule has 1 amide bonds. The number of hydrogen-bond donors (Lipinski definition) is 2. The van der Waals surface area contributed by atoms with Gasteiger partial charge in [-0.3, -0.25) is 4.79 Å². The van der Waals surface area contributed by atoms with E-state index in [0.717, 1.165) is 5.56 Å². The van der Waals surface area contributed by atoms with E-state index < -0.39 is 11.9 Å². The molecule has 0 unspecified atom stereocenters. The van der Waals surface area contributed by atoms with Crippen molar-refractivity contribution in [3.63, 3.8) is 0 Å². The molecular weight excluding hydrogens is 238 g/mol. The Morgan fingerprint density at radius 1 is 1.22 bits per heavy atom. The highest BCUT2D eigenvalue weighted by atomic mass is 16.5. The van der Waals surface area contributed by atoms with Crippen LogP contribution in [0.5, 0.6) is 11.5 Å². The first-order valence-corrected chi connectivity index (χ1v) is 5.22. The van der Waals surface area contributed by atoms with E-state index in [9.17, 15) is 9.59 Å². The summed E-state index contributed by atoms with van der Waals surface area (Å²) in [6.45, 7) is 1.92. The number of carboxylic acids is 1. The number of methoxy groups -OCH3 is 2. The van der Waals surface area contributed by atoms with Crippen LogP contribution >= 0.6 is 0 Å². The molecule has 0 aliphatic carbocycles. The predicted octanol–water partition coefficient (Wildman–Crippen LogP) is 0.713. The summed E-state index contributed by atoms with van der Waals surface area (Å²) >= 11 is 0. The highest BCUT2D eigenvalue weighted by Crippen LogP contribution is 2.28. The fourth-order valence-electron chi connectivity index (χ4n) is 1.50. The highest BCUT2D eigenvalue weighted by Gasteiger charge is 2.13. The number of carbonyl (C=O) groups excluding carboxylic acids is 1. The molecule has 0 spiro atoms. The van der Waals surface area contributed by atoms with E-state index in [0.29, 0.717) is 17.1 Å². The third-order valence-corrected chi connectivity index (χ3v) is 2.43. The molecule has 0 aliphatic heterocycles. The maximum absolute atomic E-state index is 11.0. The van der Waals surface area contributed by atoms with Gasteiger partial charge in [-0.15, -0.1) is 0 Å². The van der Waals surface area contributed by atoms with Crippen LogP contribution in [-0.4, -0.2) is 31.2 Å². The Kier molecular flexibility index (Phi) is 4.53. The molecule has 6 heteroatoms. The minimum absolute atomic E-state index is 0.0605. The predicted molar refractivity (Wildman–Crippen MR) is 63.8 cm³/mol. The number of carbonyl (C=O) groups is 2. The molecule has 0 heterocycles. The van der Waals surface area contributed by atoms with Gasteiger partial charge in [0.1, 0.15) is 11.5 Å². The first-order chi connectivity index (χ1) is 8.49. The van der Waals surface area contributed by atoms with Crippen LogP contribution in [0.25, 0.3) is 0 Å². The number of ether oxygens (including phenoxy) is 2. The van der Waals surface area contributed by atoms with Crippen LogP contribution in [0.15, 0.2) is 12.1 Å². The zero-order valence-corrected chi connectivity index (χ0v) is 10.4. The number of amides is 1. The number of rotatable bonds is 4. The molecule has 0 saturated carbocycles. The summed E-state index contributed by atoms with van der Waals surface area (Å²) in [7, 11) is 3.04. The van der Waals surface area contributed by atoms with Gasteiger partial charge in [0.15, 0.2) is 0 Å². The van der Waals surface area contributed by atoms with Gasteiger partial charge in [-0.2, -0.15) is 0 Å². The molecule has 0 radical (unpaired) electrons. The van der Waals surface area contributed by atoms with Gasteiger partial charge in [0.05, 0.1) is 14.2 Å². The lowest BCUT2D eigenvalue weighted by molar-refractivity contribution is -0.150. The second-order valence-corrected chi connectivity index (χ2v) is 3.62. The molecule has 0 aromatic heterocycles. The van der Waals surface area contributed by atoms with Crippen LogP contribution in [0.2, 0.25) is 0 Å². The van der Waals surface area contributed by atoms with Gasteiger partial charge >= 0.3 is 11.9 Å². The van der Waals surface area contributed by atoms with E-state index in [1.165, 1.54) is 14.2 Å². The first-order valence-electron chi connectivity index (χ1n) is 5.22. The van der Waals surface area contributed by atoms with E-state index in [-0.39, 0.29) is 6.54 Å². The number of benzene rings is 1. The Morgan fingerprint density at radius 2 is 1.83 bits per heavy atom. The van der Waals surface area contributed by atoms with Crippen LogP contribution in [0.4, 0.5) is 0 Å². The van der Waals surface area contributed by atoms with E-state index in [1.807, 2.05) is 6.92 Å². The van der Waals surface area contributed by atoms with Crippen molar-refractivity contribution < 1.29 is 24.2 Å². The van der Waals surface area contributed by atoms with Crippen LogP contribution in [0.3, 0.4) is 0 Å². The topological polar surface area (TPSA) is 84.9 Å². The molecule has 0 aliphatic rings. The van der Waals surface area contributed by atoms with Crippen molar-refractivity contribution >= 4 is 11.9 Å². The summed E-state index contributed by atoms with van der Waals surface area (Å²) in [4.78, 5) is 21.3. The van der Waals surface area contributed by atoms with Gasteiger partial charge in [0.2, 0.25) is 0 Å². The first kappa shape index (κ1) is 13.8. The van der Waals surface area contributed by atoms with E-state index >= 15 is 0 Å². The summed E-state index contributed by atoms with van der Waals surface area (Å²) in [5.41, 5.74) is 1.54. The van der Waals surface area contributed by atoms with Gasteiger partial charge in [-0.05, 0) is 24.6 Å². The lowest BCUT2D eigenvalue weighted by Crippen LogP contribution is -2.30. The van der Waals surface area contributed by atoms with Crippen molar-refractivity contribution in [3.8, 4) is 11.5 Å². The van der Waals surface area contributed by atoms with Gasteiger partial charge in [-0.25, -0.2) is 4.79 Å². The molecule has 0 bridgehead atoms. The fourth-order valence-corrected chi connectivity index (χ4v) is 1.50. The Bertz CT molecular complexity index is 470. The minimum atomic E-state index is -1.52. The van der Waals surface area contributed by atoms with Crippen LogP contribution in [0.1, 0.15) is 11.1 Å². The minimum Gasteiger partial charge on any atom is -0.496 e. The molecule has 2 N–H and O–H groups in total. The third-order valence-electron chi connectivity index (χ3n) is 2.43. The number of nitrogens with one attached hydrogen (secondary N) is 1. The smallest absolute Gasteiger partial charge is 0.394 e. The Balaban J connectivity index is 2.93. The fraction of sp³-hybridized carbons (Fsp3) is 0.333. The van der Waals surface area contributed by atoms with E-state index in [1.54, 1.807) is 12.1 Å². The molecule has 6 nitrogen and oxygen atoms in total. The van der Waals surface area contributed by atoms with Crippen LogP contribution in [0, 0.1) is 6.92 Å². The SMILES string of the molecule is COc1cc(CNC(=O)C(=O)O)c(OC)cc1C. The van der Waals surface area contributed by atoms with Crippen molar-refractivity contribution in [2.45, 2.75) is 13.5 Å². The summed E-state index contributed by atoms with van der Waals surface area (Å²) in [5.74, 6) is -1.36. The summed E-state index contributed by atoms with van der Waals surface area (Å²) in [6.07, 6.45) is 0. The average molecular weight is 253 g/mol. The molecular formula is C12H15NO5. The number of aliphatic carboxylic acids is 1. The van der Waals surface area contributed by atoms with Crippen molar-refractivity contribution in [3.05, 3.63) is 23.3 Å². The molecule has 1 rings (SSSR count). The van der Waals surface area contributed by atoms with Crippen molar-refractivity contribution in [1.29, 1.82) is 0 Å². The lowest BCUT2D eigenvalue weighted by Gasteiger charge is -2.13.